The fraction of sp³-hybridized carbons (Fsp3) is 0.333. The van der Waals surface area contributed by atoms with Crippen molar-refractivity contribution in [2.75, 3.05) is 14.2 Å². The third-order valence-electron chi connectivity index (χ3n) is 1.64. The minimum absolute atomic E-state index is 0.308. The van der Waals surface area contributed by atoms with Gasteiger partial charge in [0.25, 0.3) is 0 Å². The predicted octanol–water partition coefficient (Wildman–Crippen LogP) is 1.07. The number of ether oxygens (including phenoxy) is 1. The van der Waals surface area contributed by atoms with Crippen molar-refractivity contribution in [2.45, 2.75) is 6.92 Å². The van der Waals surface area contributed by atoms with E-state index in [1.807, 2.05) is 13.0 Å². The summed E-state index contributed by atoms with van der Waals surface area (Å²) < 4.78 is 4.97. The Labute approximate surface area is 77.5 Å². The van der Waals surface area contributed by atoms with Crippen LogP contribution in [0.1, 0.15) is 6.92 Å². The summed E-state index contributed by atoms with van der Waals surface area (Å²) in [6.07, 6.45) is 3.58. The number of rotatable bonds is 1. The number of nitrogens with zero attached hydrogens (tertiary/aromatic N) is 1. The molecule has 0 amide bonds. The average Bonchev–Trinajstić information content (AvgIpc) is 2.11. The monoisotopic (exact) mass is 179 g/mol. The van der Waals surface area contributed by atoms with E-state index in [9.17, 15) is 0 Å². The molecule has 0 fully saturated rings. The van der Waals surface area contributed by atoms with Gasteiger partial charge in [0.05, 0.1) is 7.11 Å². The van der Waals surface area contributed by atoms with Crippen molar-refractivity contribution in [1.82, 2.24) is 5.32 Å². The quantitative estimate of drug-likeness (QED) is 0.632. The molecule has 2 N–H and O–H groups in total. The van der Waals surface area contributed by atoms with Crippen LogP contribution in [-0.4, -0.2) is 25.8 Å². The highest BCUT2D eigenvalue weighted by Crippen LogP contribution is 2.12. The van der Waals surface area contributed by atoms with Gasteiger partial charge in [0.2, 0.25) is 5.90 Å². The lowest BCUT2D eigenvalue weighted by molar-refractivity contribution is 0.410. The molecule has 4 nitrogen and oxygen atoms in total. The number of aliphatic imine (C=N–C) groups is 1. The Morgan fingerprint density at radius 3 is 2.85 bits per heavy atom. The first-order valence-corrected chi connectivity index (χ1v) is 3.96. The van der Waals surface area contributed by atoms with E-state index in [1.165, 1.54) is 7.11 Å². The van der Waals surface area contributed by atoms with E-state index in [2.05, 4.69) is 10.3 Å². The van der Waals surface area contributed by atoms with Crippen molar-refractivity contribution in [3.63, 3.8) is 0 Å². The van der Waals surface area contributed by atoms with Gasteiger partial charge in [0.1, 0.15) is 5.71 Å². The second-order valence-electron chi connectivity index (χ2n) is 2.67. The zero-order valence-electron chi connectivity index (χ0n) is 8.01. The molecule has 0 spiro atoms. The lowest BCUT2D eigenvalue weighted by Gasteiger charge is -2.12. The summed E-state index contributed by atoms with van der Waals surface area (Å²) in [5.41, 5.74) is 1.93. The molecule has 0 aliphatic carbocycles. The number of methoxy groups -OCH3 is 1. The topological polar surface area (TPSA) is 57.5 Å². The molecule has 0 saturated carbocycles. The molecule has 0 radical (unpaired) electrons. The normalized spacial score (nSPS) is 19.6. The lowest BCUT2D eigenvalue weighted by atomic mass is 10.1. The van der Waals surface area contributed by atoms with E-state index in [1.54, 1.807) is 13.2 Å². The molecule has 0 aromatic carbocycles. The SMILES string of the molecule is CN/C=C1/C=C(C)N=C(OC)C1=N. The maximum atomic E-state index is 7.69. The Morgan fingerprint density at radius 1 is 1.62 bits per heavy atom. The van der Waals surface area contributed by atoms with Crippen molar-refractivity contribution >= 4 is 11.6 Å². The number of nitrogens with one attached hydrogen (secondary N) is 2. The van der Waals surface area contributed by atoms with Crippen LogP contribution in [0.15, 0.2) is 28.5 Å². The van der Waals surface area contributed by atoms with E-state index in [-0.39, 0.29) is 0 Å². The third-order valence-corrected chi connectivity index (χ3v) is 1.64. The first-order chi connectivity index (χ1) is 6.19. The van der Waals surface area contributed by atoms with Crippen LogP contribution in [-0.2, 0) is 4.74 Å². The Morgan fingerprint density at radius 2 is 2.31 bits per heavy atom. The second-order valence-corrected chi connectivity index (χ2v) is 2.67. The van der Waals surface area contributed by atoms with Crippen molar-refractivity contribution in [1.29, 1.82) is 5.41 Å². The summed E-state index contributed by atoms with van der Waals surface area (Å²) in [6, 6.07) is 0. The van der Waals surface area contributed by atoms with Crippen LogP contribution in [0.4, 0.5) is 0 Å². The first-order valence-electron chi connectivity index (χ1n) is 3.96. The molecule has 13 heavy (non-hydrogen) atoms. The molecule has 70 valence electrons. The molecule has 1 heterocycles. The molecule has 1 aliphatic heterocycles. The van der Waals surface area contributed by atoms with Crippen LogP contribution >= 0.6 is 0 Å². The van der Waals surface area contributed by atoms with Gasteiger partial charge in [0.15, 0.2) is 0 Å². The Bertz CT molecular complexity index is 313. The maximum absolute atomic E-state index is 7.69. The largest absolute Gasteiger partial charge is 0.479 e. The van der Waals surface area contributed by atoms with E-state index in [0.717, 1.165) is 11.3 Å². The van der Waals surface area contributed by atoms with Crippen LogP contribution in [0.25, 0.3) is 0 Å². The fourth-order valence-corrected chi connectivity index (χ4v) is 1.09. The van der Waals surface area contributed by atoms with Crippen molar-refractivity contribution in [2.24, 2.45) is 4.99 Å². The van der Waals surface area contributed by atoms with Crippen LogP contribution in [0, 0.1) is 5.41 Å². The maximum Gasteiger partial charge on any atom is 0.239 e. The smallest absolute Gasteiger partial charge is 0.239 e. The van der Waals surface area contributed by atoms with Crippen LogP contribution in [0.2, 0.25) is 0 Å². The van der Waals surface area contributed by atoms with Crippen molar-refractivity contribution < 1.29 is 4.74 Å². The molecular weight excluding hydrogens is 166 g/mol. The highest BCUT2D eigenvalue weighted by molar-refractivity contribution is 6.45. The molecule has 4 heteroatoms. The highest BCUT2D eigenvalue weighted by atomic mass is 16.5. The van der Waals surface area contributed by atoms with Gasteiger partial charge in [-0.2, -0.15) is 0 Å². The minimum atomic E-state index is 0.308. The number of hydrogen-bond donors (Lipinski definition) is 2. The van der Waals surface area contributed by atoms with Crippen LogP contribution in [0.3, 0.4) is 0 Å². The Kier molecular flexibility index (Phi) is 2.84. The van der Waals surface area contributed by atoms with Gasteiger partial charge in [-0.15, -0.1) is 0 Å². The first kappa shape index (κ1) is 9.51. The fourth-order valence-electron chi connectivity index (χ4n) is 1.09. The third kappa shape index (κ3) is 1.96. The number of allylic oxidation sites excluding steroid dienone is 2. The average molecular weight is 179 g/mol. The summed E-state index contributed by atoms with van der Waals surface area (Å²) >= 11 is 0. The molecule has 0 atom stereocenters. The highest BCUT2D eigenvalue weighted by Gasteiger charge is 2.15. The summed E-state index contributed by atoms with van der Waals surface area (Å²) in [5, 5.41) is 10.6. The van der Waals surface area contributed by atoms with Gasteiger partial charge >= 0.3 is 0 Å². The Hall–Kier alpha value is -1.58. The zero-order valence-corrected chi connectivity index (χ0v) is 8.01. The lowest BCUT2D eigenvalue weighted by Crippen LogP contribution is -2.21. The number of hydrogen-bond acceptors (Lipinski definition) is 4. The van der Waals surface area contributed by atoms with E-state index >= 15 is 0 Å². The summed E-state index contributed by atoms with van der Waals surface area (Å²) in [4.78, 5) is 4.08. The molecule has 0 unspecified atom stereocenters. The van der Waals surface area contributed by atoms with E-state index in [0.29, 0.717) is 11.6 Å². The molecule has 0 aromatic heterocycles. The second kappa shape index (κ2) is 3.89. The molecule has 1 rings (SSSR count). The molecule has 1 aliphatic rings. The van der Waals surface area contributed by atoms with Gasteiger partial charge in [-0.25, -0.2) is 4.99 Å². The van der Waals surface area contributed by atoms with Crippen molar-refractivity contribution in [3.05, 3.63) is 23.5 Å². The summed E-state index contributed by atoms with van der Waals surface area (Å²) in [6.45, 7) is 1.87. The van der Waals surface area contributed by atoms with Gasteiger partial charge in [-0.1, -0.05) is 0 Å². The van der Waals surface area contributed by atoms with Gasteiger partial charge in [-0.3, -0.25) is 5.41 Å². The predicted molar refractivity (Wildman–Crippen MR) is 53.1 cm³/mol. The summed E-state index contributed by atoms with van der Waals surface area (Å²) in [5.74, 6) is 0.363. The summed E-state index contributed by atoms with van der Waals surface area (Å²) in [7, 11) is 3.31. The van der Waals surface area contributed by atoms with Gasteiger partial charge in [-0.05, 0) is 13.0 Å². The van der Waals surface area contributed by atoms with Gasteiger partial charge < -0.3 is 10.1 Å². The molecule has 0 aromatic rings. The van der Waals surface area contributed by atoms with Crippen LogP contribution < -0.4 is 5.32 Å². The molecular formula is C9H13N3O. The molecule has 0 bridgehead atoms. The molecule has 0 saturated heterocycles. The van der Waals surface area contributed by atoms with Crippen molar-refractivity contribution in [3.8, 4) is 0 Å². The Balaban J connectivity index is 3.02. The van der Waals surface area contributed by atoms with E-state index < -0.39 is 0 Å². The zero-order chi connectivity index (χ0) is 9.84. The standard InChI is InChI=1S/C9H13N3O/c1-6-4-7(5-11-2)8(10)9(12-6)13-3/h4-5,10-11H,1-3H3/b7-5-,10-8?. The van der Waals surface area contributed by atoms with E-state index in [4.69, 9.17) is 10.1 Å². The van der Waals surface area contributed by atoms with Crippen LogP contribution in [0.5, 0.6) is 0 Å². The minimum Gasteiger partial charge on any atom is -0.479 e. The van der Waals surface area contributed by atoms with Gasteiger partial charge in [0, 0.05) is 24.5 Å².